The highest BCUT2D eigenvalue weighted by atomic mass is 32.2. The Labute approximate surface area is 198 Å². The van der Waals surface area contributed by atoms with Crippen LogP contribution in [0.4, 0.5) is 5.82 Å². The summed E-state index contributed by atoms with van der Waals surface area (Å²) in [7, 11) is 0. The van der Waals surface area contributed by atoms with Crippen molar-refractivity contribution in [3.05, 3.63) is 71.0 Å². The van der Waals surface area contributed by atoms with Crippen LogP contribution in [0.5, 0.6) is 0 Å². The van der Waals surface area contributed by atoms with Gasteiger partial charge < -0.3 is 10.8 Å². The number of aliphatic hydroxyl groups is 1. The number of benzene rings is 1. The first-order chi connectivity index (χ1) is 16.1. The van der Waals surface area contributed by atoms with Crippen LogP contribution in [0.2, 0.25) is 0 Å². The van der Waals surface area contributed by atoms with Crippen molar-refractivity contribution >= 4 is 17.6 Å². The third-order valence-electron chi connectivity index (χ3n) is 6.11. The molecule has 3 N–H and O–H groups in total. The van der Waals surface area contributed by atoms with Crippen molar-refractivity contribution in [3.63, 3.8) is 0 Å². The minimum Gasteiger partial charge on any atom is -0.393 e. The average Bonchev–Trinajstić information content (AvgIpc) is 2.85. The highest BCUT2D eigenvalue weighted by Gasteiger charge is 2.24. The summed E-state index contributed by atoms with van der Waals surface area (Å²) < 4.78 is 0. The number of anilines is 1. The first-order valence-electron chi connectivity index (χ1n) is 11.0. The molecule has 1 aliphatic carbocycles. The first-order valence-corrected chi connectivity index (χ1v) is 12.0. The van der Waals surface area contributed by atoms with Crippen LogP contribution < -0.4 is 5.73 Å². The molecule has 4 rings (SSSR count). The number of hydrogen-bond donors (Lipinski definition) is 2. The standard InChI is InChI=1S/C26H25N5OS/c27-14-21-24(18-10-8-17(9-11-18)13-19-5-1-2-7-23(19)32)22(15-28)26(31-25(21)29)33-16-20-6-3-4-12-30-20/h3-4,6,8-12,19,23,32H,1-2,5,7,13,16H2,(H2,29,31)/t19-,23+/m1/s1. The largest absolute Gasteiger partial charge is 0.393 e. The van der Waals surface area contributed by atoms with E-state index in [2.05, 4.69) is 22.1 Å². The molecule has 0 spiro atoms. The lowest BCUT2D eigenvalue weighted by atomic mass is 9.82. The van der Waals surface area contributed by atoms with E-state index >= 15 is 0 Å². The van der Waals surface area contributed by atoms with Crippen LogP contribution >= 0.6 is 11.8 Å². The maximum absolute atomic E-state index is 10.3. The number of aromatic nitrogens is 2. The van der Waals surface area contributed by atoms with Crippen LogP contribution in [0.3, 0.4) is 0 Å². The molecular formula is C26H25N5OS. The third kappa shape index (κ3) is 5.17. The van der Waals surface area contributed by atoms with Gasteiger partial charge in [-0.05, 0) is 48.4 Å². The summed E-state index contributed by atoms with van der Waals surface area (Å²) in [4.78, 5) is 8.68. The Bertz CT molecular complexity index is 1200. The van der Waals surface area contributed by atoms with Crippen molar-refractivity contribution in [1.82, 2.24) is 9.97 Å². The molecule has 0 radical (unpaired) electrons. The molecule has 0 unspecified atom stereocenters. The molecular weight excluding hydrogens is 430 g/mol. The van der Waals surface area contributed by atoms with Gasteiger partial charge in [-0.1, -0.05) is 54.9 Å². The van der Waals surface area contributed by atoms with Crippen molar-refractivity contribution in [1.29, 1.82) is 10.5 Å². The van der Waals surface area contributed by atoms with E-state index in [0.29, 0.717) is 21.9 Å². The molecule has 7 heteroatoms. The second-order valence-corrected chi connectivity index (χ2v) is 9.24. The number of pyridine rings is 2. The Kier molecular flexibility index (Phi) is 7.24. The number of nitriles is 2. The lowest BCUT2D eigenvalue weighted by Crippen LogP contribution is -2.26. The van der Waals surface area contributed by atoms with Crippen molar-refractivity contribution < 1.29 is 5.11 Å². The summed E-state index contributed by atoms with van der Waals surface area (Å²) in [5.41, 5.74) is 9.96. The molecule has 2 atom stereocenters. The second-order valence-electron chi connectivity index (χ2n) is 8.27. The van der Waals surface area contributed by atoms with Crippen molar-refractivity contribution in [2.24, 2.45) is 5.92 Å². The number of nitrogen functional groups attached to an aromatic ring is 1. The Morgan fingerprint density at radius 3 is 2.45 bits per heavy atom. The Morgan fingerprint density at radius 1 is 1.03 bits per heavy atom. The molecule has 1 aliphatic rings. The number of rotatable bonds is 6. The van der Waals surface area contributed by atoms with Crippen LogP contribution in [0.15, 0.2) is 53.7 Å². The molecule has 0 amide bonds. The fraction of sp³-hybridized carbons (Fsp3) is 0.308. The zero-order valence-corrected chi connectivity index (χ0v) is 19.1. The fourth-order valence-electron chi connectivity index (χ4n) is 4.35. The first kappa shape index (κ1) is 22.8. The van der Waals surface area contributed by atoms with Crippen molar-refractivity contribution in [3.8, 4) is 23.3 Å². The summed E-state index contributed by atoms with van der Waals surface area (Å²) in [5.74, 6) is 0.931. The van der Waals surface area contributed by atoms with Gasteiger partial charge >= 0.3 is 0 Å². The maximum atomic E-state index is 10.3. The molecule has 3 aromatic rings. The van der Waals surface area contributed by atoms with Gasteiger partial charge in [0.05, 0.1) is 17.4 Å². The van der Waals surface area contributed by atoms with E-state index in [-0.39, 0.29) is 23.4 Å². The summed E-state index contributed by atoms with van der Waals surface area (Å²) in [6.07, 6.45) is 6.46. The maximum Gasteiger partial charge on any atom is 0.143 e. The van der Waals surface area contributed by atoms with Gasteiger partial charge in [0.15, 0.2) is 0 Å². The summed E-state index contributed by atoms with van der Waals surface area (Å²) >= 11 is 1.38. The molecule has 0 bridgehead atoms. The zero-order chi connectivity index (χ0) is 23.2. The summed E-state index contributed by atoms with van der Waals surface area (Å²) in [6, 6.07) is 17.9. The van der Waals surface area contributed by atoms with Crippen molar-refractivity contribution in [2.45, 2.75) is 49.0 Å². The number of nitrogens with zero attached hydrogens (tertiary/aromatic N) is 4. The van der Waals surface area contributed by atoms with Gasteiger partial charge in [-0.3, -0.25) is 4.98 Å². The van der Waals surface area contributed by atoms with E-state index in [4.69, 9.17) is 5.73 Å². The Morgan fingerprint density at radius 2 is 1.79 bits per heavy atom. The number of thioether (sulfide) groups is 1. The van der Waals surface area contributed by atoms with E-state index in [1.165, 1.54) is 11.8 Å². The number of nitrogens with two attached hydrogens (primary N) is 1. The topological polar surface area (TPSA) is 120 Å². The van der Waals surface area contributed by atoms with Gasteiger partial charge in [0, 0.05) is 17.5 Å². The van der Waals surface area contributed by atoms with Gasteiger partial charge in [0.1, 0.15) is 28.5 Å². The van der Waals surface area contributed by atoms with Gasteiger partial charge in [-0.2, -0.15) is 10.5 Å². The molecule has 1 aromatic carbocycles. The predicted octanol–water partition coefficient (Wildman–Crippen LogP) is 4.86. The van der Waals surface area contributed by atoms with E-state index in [0.717, 1.165) is 48.9 Å². The predicted molar refractivity (Wildman–Crippen MR) is 129 cm³/mol. The lowest BCUT2D eigenvalue weighted by molar-refractivity contribution is 0.0700. The van der Waals surface area contributed by atoms with Gasteiger partial charge in [-0.15, -0.1) is 0 Å². The molecule has 1 fully saturated rings. The van der Waals surface area contributed by atoms with E-state index in [9.17, 15) is 15.6 Å². The van der Waals surface area contributed by atoms with E-state index in [1.54, 1.807) is 6.20 Å². The Balaban J connectivity index is 1.65. The quantitative estimate of drug-likeness (QED) is 0.510. The molecule has 0 aliphatic heterocycles. The van der Waals surface area contributed by atoms with Crippen LogP contribution in [-0.4, -0.2) is 21.2 Å². The number of aliphatic hydroxyl groups excluding tert-OH is 1. The third-order valence-corrected chi connectivity index (χ3v) is 7.12. The van der Waals surface area contributed by atoms with Crippen LogP contribution in [0.25, 0.3) is 11.1 Å². The van der Waals surface area contributed by atoms with Gasteiger partial charge in [-0.25, -0.2) is 4.98 Å². The molecule has 166 valence electrons. The Hall–Kier alpha value is -3.39. The molecule has 6 nitrogen and oxygen atoms in total. The molecule has 0 saturated heterocycles. The number of hydrogen-bond acceptors (Lipinski definition) is 7. The highest BCUT2D eigenvalue weighted by Crippen LogP contribution is 2.37. The monoisotopic (exact) mass is 455 g/mol. The summed E-state index contributed by atoms with van der Waals surface area (Å²) in [5, 5.41) is 30.5. The highest BCUT2D eigenvalue weighted by molar-refractivity contribution is 7.98. The minimum atomic E-state index is -0.243. The van der Waals surface area contributed by atoms with Crippen molar-refractivity contribution in [2.75, 3.05) is 5.73 Å². The van der Waals surface area contributed by atoms with E-state index in [1.807, 2.05) is 42.5 Å². The SMILES string of the molecule is N#Cc1c(N)nc(SCc2ccccn2)c(C#N)c1-c1ccc(C[C@H]2CCCC[C@@H]2O)cc1. The smallest absolute Gasteiger partial charge is 0.143 e. The van der Waals surface area contributed by atoms with Gasteiger partial charge in [0.25, 0.3) is 0 Å². The van der Waals surface area contributed by atoms with Crippen LogP contribution in [-0.2, 0) is 12.2 Å². The molecule has 2 aromatic heterocycles. The lowest BCUT2D eigenvalue weighted by Gasteiger charge is -2.27. The second kappa shape index (κ2) is 10.5. The average molecular weight is 456 g/mol. The minimum absolute atomic E-state index is 0.115. The normalized spacial score (nSPS) is 17.8. The van der Waals surface area contributed by atoms with Crippen LogP contribution in [0.1, 0.15) is 48.1 Å². The molecule has 2 heterocycles. The van der Waals surface area contributed by atoms with E-state index < -0.39 is 0 Å². The van der Waals surface area contributed by atoms with Crippen LogP contribution in [0, 0.1) is 28.6 Å². The zero-order valence-electron chi connectivity index (χ0n) is 18.2. The molecule has 33 heavy (non-hydrogen) atoms. The van der Waals surface area contributed by atoms with Gasteiger partial charge in [0.2, 0.25) is 0 Å². The summed E-state index contributed by atoms with van der Waals surface area (Å²) in [6.45, 7) is 0. The molecule has 1 saturated carbocycles. The fourth-order valence-corrected chi connectivity index (χ4v) is 5.26.